The molecule has 3 heteroatoms. The Labute approximate surface area is 65.7 Å². The number of aldehydes is 1. The molecule has 2 atom stereocenters. The molecule has 0 aliphatic carbocycles. The quantitative estimate of drug-likeness (QED) is 0.227. The third-order valence-electron chi connectivity index (χ3n) is 1.52. The van der Waals surface area contributed by atoms with Crippen LogP contribution in [0.2, 0.25) is 0 Å². The molecule has 0 aromatic carbocycles. The minimum atomic E-state index is 0.151. The summed E-state index contributed by atoms with van der Waals surface area (Å²) in [5, 5.41) is 3.20. The van der Waals surface area contributed by atoms with Gasteiger partial charge in [-0.15, -0.1) is 0 Å². The summed E-state index contributed by atoms with van der Waals surface area (Å²) in [6.45, 7) is 2.14. The van der Waals surface area contributed by atoms with Gasteiger partial charge in [-0.05, 0) is 0 Å². The Hall–Kier alpha value is 0.360. The van der Waals surface area contributed by atoms with Crippen LogP contribution in [0.5, 0.6) is 0 Å². The first kappa shape index (κ1) is 7.47. The number of hydrogen-bond donors (Lipinski definition) is 1. The molecule has 0 amide bonds. The van der Waals surface area contributed by atoms with Crippen LogP contribution in [0.3, 0.4) is 0 Å². The second-order valence-corrected chi connectivity index (χ2v) is 5.04. The topological polar surface area (TPSA) is 29.1 Å². The van der Waals surface area contributed by atoms with Crippen LogP contribution in [0.15, 0.2) is 0 Å². The minimum absolute atomic E-state index is 0.151. The fraction of sp³-hybridized carbons (Fsp3) is 0.833. The zero-order valence-electron chi connectivity index (χ0n) is 5.43. The third-order valence-corrected chi connectivity index (χ3v) is 4.51. The van der Waals surface area contributed by atoms with Crippen molar-refractivity contribution in [3.8, 4) is 0 Å². The molecule has 0 unspecified atom stereocenters. The molecule has 1 aliphatic heterocycles. The van der Waals surface area contributed by atoms with Crippen LogP contribution in [0, 0.1) is 5.92 Å². The van der Waals surface area contributed by atoms with Crippen molar-refractivity contribution in [2.75, 3.05) is 8.98 Å². The maximum absolute atomic E-state index is 10.3. The molecule has 9 heavy (non-hydrogen) atoms. The van der Waals surface area contributed by atoms with Gasteiger partial charge in [-0.2, -0.15) is 0 Å². The molecule has 1 N–H and O–H groups in total. The van der Waals surface area contributed by atoms with Crippen molar-refractivity contribution < 1.29 is 26.0 Å². The van der Waals surface area contributed by atoms with Gasteiger partial charge in [0.1, 0.15) is 0 Å². The predicted molar refractivity (Wildman–Crippen MR) is 31.9 cm³/mol. The molecular weight excluding hydrogens is 229 g/mol. The zero-order valence-corrected chi connectivity index (χ0v) is 7.59. The second kappa shape index (κ2) is 3.51. The van der Waals surface area contributed by atoms with Gasteiger partial charge in [0, 0.05) is 0 Å². The molecule has 0 bridgehead atoms. The van der Waals surface area contributed by atoms with Crippen molar-refractivity contribution in [2.45, 2.75) is 13.0 Å². The van der Waals surface area contributed by atoms with Gasteiger partial charge in [0.05, 0.1) is 0 Å². The van der Waals surface area contributed by atoms with Crippen LogP contribution in [0.25, 0.3) is 0 Å². The summed E-state index contributed by atoms with van der Waals surface area (Å²) in [6.07, 6.45) is 1.04. The molecule has 1 rings (SSSR count). The number of carbonyl (C=O) groups is 1. The van der Waals surface area contributed by atoms with Gasteiger partial charge in [0.2, 0.25) is 0 Å². The van der Waals surface area contributed by atoms with Gasteiger partial charge in [-0.1, -0.05) is 0 Å². The Kier molecular flexibility index (Phi) is 2.91. The van der Waals surface area contributed by atoms with Crippen molar-refractivity contribution in [3.63, 3.8) is 0 Å². The number of alkyl halides is 2. The first-order chi connectivity index (χ1) is 4.34. The van der Waals surface area contributed by atoms with Crippen LogP contribution in [-0.2, 0) is 4.79 Å². The molecule has 2 nitrogen and oxygen atoms in total. The molecular formula is C6H11INO-. The van der Waals surface area contributed by atoms with E-state index in [1.54, 1.807) is 0 Å². The summed E-state index contributed by atoms with van der Waals surface area (Å²) < 4.78 is 2.42. The summed E-state index contributed by atoms with van der Waals surface area (Å²) in [6, 6.07) is 0.151. The molecule has 0 aromatic rings. The van der Waals surface area contributed by atoms with Crippen LogP contribution >= 0.6 is 0 Å². The van der Waals surface area contributed by atoms with E-state index in [2.05, 4.69) is 12.2 Å². The predicted octanol–water partition coefficient (Wildman–Crippen LogP) is -3.16. The summed E-state index contributed by atoms with van der Waals surface area (Å²) in [4.78, 5) is 10.3. The second-order valence-electron chi connectivity index (χ2n) is 2.32. The summed E-state index contributed by atoms with van der Waals surface area (Å²) >= 11 is 0.371. The molecule has 54 valence electrons. The molecule has 1 saturated heterocycles. The molecule has 1 fully saturated rings. The SMILES string of the molecule is C[C@H]1C[I-]CN[C@H]1C=O. The fourth-order valence-corrected chi connectivity index (χ4v) is 3.51. The molecule has 1 heterocycles. The standard InChI is InChI=1S/C6H11INO/c1-5-2-7-4-8-6(5)3-9/h3,5-6,8H,2,4H2,1H3/q-1/t5-,6-/m0/s1. The Morgan fingerprint density at radius 3 is 3.00 bits per heavy atom. The molecule has 1 aliphatic rings. The number of rotatable bonds is 1. The number of nitrogens with one attached hydrogen (secondary N) is 1. The molecule has 0 aromatic heterocycles. The van der Waals surface area contributed by atoms with Gasteiger partial charge in [-0.3, -0.25) is 0 Å². The third kappa shape index (κ3) is 1.89. The first-order valence-corrected chi connectivity index (χ1v) is 6.12. The summed E-state index contributed by atoms with van der Waals surface area (Å²) in [7, 11) is 0. The molecule has 0 saturated carbocycles. The van der Waals surface area contributed by atoms with E-state index in [0.717, 1.165) is 10.8 Å². The molecule has 0 radical (unpaired) electrons. The first-order valence-electron chi connectivity index (χ1n) is 3.06. The van der Waals surface area contributed by atoms with E-state index in [9.17, 15) is 4.79 Å². The van der Waals surface area contributed by atoms with E-state index in [-0.39, 0.29) is 6.04 Å². The average Bonchev–Trinajstić information content (AvgIpc) is 1.89. The monoisotopic (exact) mass is 240 g/mol. The summed E-state index contributed by atoms with van der Waals surface area (Å²) in [5.41, 5.74) is 0. The van der Waals surface area contributed by atoms with E-state index < -0.39 is 0 Å². The Bertz CT molecular complexity index is 107. The average molecular weight is 240 g/mol. The van der Waals surface area contributed by atoms with Crippen molar-refractivity contribution in [2.24, 2.45) is 5.92 Å². The van der Waals surface area contributed by atoms with Crippen LogP contribution in [0.4, 0.5) is 0 Å². The number of hydrogen-bond acceptors (Lipinski definition) is 2. The Morgan fingerprint density at radius 2 is 2.56 bits per heavy atom. The van der Waals surface area contributed by atoms with Crippen molar-refractivity contribution in [3.05, 3.63) is 0 Å². The maximum atomic E-state index is 10.3. The van der Waals surface area contributed by atoms with E-state index in [1.165, 1.54) is 4.43 Å². The molecule has 0 spiro atoms. The summed E-state index contributed by atoms with van der Waals surface area (Å²) in [5.74, 6) is 0.587. The van der Waals surface area contributed by atoms with E-state index in [0.29, 0.717) is 27.1 Å². The Morgan fingerprint density at radius 1 is 1.78 bits per heavy atom. The van der Waals surface area contributed by atoms with Crippen LogP contribution in [0.1, 0.15) is 6.92 Å². The fourth-order valence-electron chi connectivity index (χ4n) is 0.850. The van der Waals surface area contributed by atoms with Crippen LogP contribution in [-0.4, -0.2) is 21.3 Å². The van der Waals surface area contributed by atoms with Gasteiger partial charge in [0.25, 0.3) is 0 Å². The number of carbonyl (C=O) groups excluding carboxylic acids is 1. The Balaban J connectivity index is 2.38. The van der Waals surface area contributed by atoms with Gasteiger partial charge in [-0.25, -0.2) is 0 Å². The van der Waals surface area contributed by atoms with Crippen molar-refractivity contribution in [1.82, 2.24) is 5.32 Å². The van der Waals surface area contributed by atoms with Crippen molar-refractivity contribution in [1.29, 1.82) is 0 Å². The van der Waals surface area contributed by atoms with Crippen molar-refractivity contribution >= 4 is 6.29 Å². The number of halogens is 1. The van der Waals surface area contributed by atoms with Gasteiger partial charge < -0.3 is 0 Å². The van der Waals surface area contributed by atoms with Gasteiger partial charge in [0.15, 0.2) is 0 Å². The van der Waals surface area contributed by atoms with E-state index >= 15 is 0 Å². The van der Waals surface area contributed by atoms with E-state index in [1.807, 2.05) is 0 Å². The van der Waals surface area contributed by atoms with Gasteiger partial charge >= 0.3 is 65.5 Å². The normalized spacial score (nSPS) is 37.0. The van der Waals surface area contributed by atoms with E-state index in [4.69, 9.17) is 0 Å². The van der Waals surface area contributed by atoms with Crippen LogP contribution < -0.4 is 26.5 Å². The zero-order chi connectivity index (χ0) is 6.69.